The second kappa shape index (κ2) is 13.7. The van der Waals surface area contributed by atoms with Crippen molar-refractivity contribution < 1.29 is 19.1 Å². The van der Waals surface area contributed by atoms with Crippen LogP contribution in [0, 0.1) is 0 Å². The molecule has 0 atom stereocenters. The van der Waals surface area contributed by atoms with Crippen LogP contribution < -0.4 is 9.47 Å². The number of carbonyl (C=O) groups excluding carboxylic acids is 2. The van der Waals surface area contributed by atoms with E-state index in [0.717, 1.165) is 51.4 Å². The summed E-state index contributed by atoms with van der Waals surface area (Å²) in [6, 6.07) is 4.32. The fourth-order valence-corrected chi connectivity index (χ4v) is 7.44. The van der Waals surface area contributed by atoms with Crippen LogP contribution >= 0.6 is 0 Å². The Balaban J connectivity index is 1.26. The van der Waals surface area contributed by atoms with Crippen LogP contribution in [-0.4, -0.2) is 51.1 Å². The third-order valence-electron chi connectivity index (χ3n) is 9.40. The van der Waals surface area contributed by atoms with Gasteiger partial charge in [-0.2, -0.15) is 0 Å². The molecule has 0 bridgehead atoms. The highest BCUT2D eigenvalue weighted by Gasteiger charge is 2.35. The van der Waals surface area contributed by atoms with Crippen LogP contribution in [0.4, 0.5) is 9.59 Å². The van der Waals surface area contributed by atoms with Gasteiger partial charge in [-0.25, -0.2) is 14.6 Å². The lowest BCUT2D eigenvalue weighted by molar-refractivity contribution is 0.0740. The summed E-state index contributed by atoms with van der Waals surface area (Å²) >= 11 is 0. The number of hydrogen-bond acceptors (Lipinski definition) is 5. The van der Waals surface area contributed by atoms with Gasteiger partial charge in [0.25, 0.3) is 0 Å². The summed E-state index contributed by atoms with van der Waals surface area (Å²) in [5, 5.41) is 0. The van der Waals surface area contributed by atoms with Crippen molar-refractivity contribution in [3.8, 4) is 11.6 Å². The van der Waals surface area contributed by atoms with E-state index in [0.29, 0.717) is 5.75 Å². The molecule has 0 aliphatic heterocycles. The number of nitrogens with zero attached hydrogens (tertiary/aromatic N) is 3. The molecular formula is C31H47N3O4. The molecule has 1 heterocycles. The fraction of sp³-hybridized carbons (Fsp3) is 0.774. The van der Waals surface area contributed by atoms with Gasteiger partial charge in [-0.15, -0.1) is 0 Å². The molecule has 4 aliphatic rings. The third kappa shape index (κ3) is 7.01. The second-order valence-corrected chi connectivity index (χ2v) is 12.0. The summed E-state index contributed by atoms with van der Waals surface area (Å²) in [4.78, 5) is 35.4. The minimum Gasteiger partial charge on any atom is -0.410 e. The van der Waals surface area contributed by atoms with E-state index in [1.54, 1.807) is 18.3 Å². The first-order valence-corrected chi connectivity index (χ1v) is 15.7. The monoisotopic (exact) mass is 525 g/mol. The average Bonchev–Trinajstić information content (AvgIpc) is 2.96. The maximum Gasteiger partial charge on any atom is 0.417 e. The molecule has 1 aromatic heterocycles. The standard InChI is InChI=1S/C31H47N3O4/c35-30(33(24-13-5-1-6-14-24)25-15-7-2-8-16-25)37-28-21-22-32-29(23-28)38-31(36)34(26-17-9-3-10-18-26)27-19-11-4-12-20-27/h21-27H,1-20H2. The molecule has 0 N–H and O–H groups in total. The summed E-state index contributed by atoms with van der Waals surface area (Å²) in [5.74, 6) is 0.602. The minimum absolute atomic E-state index is 0.207. The number of aromatic nitrogens is 1. The predicted molar refractivity (Wildman–Crippen MR) is 147 cm³/mol. The van der Waals surface area contributed by atoms with Gasteiger partial charge >= 0.3 is 12.2 Å². The van der Waals surface area contributed by atoms with Crippen LogP contribution in [0.25, 0.3) is 0 Å². The molecule has 4 fully saturated rings. The summed E-state index contributed by atoms with van der Waals surface area (Å²) in [6.45, 7) is 0. The van der Waals surface area contributed by atoms with Gasteiger partial charge in [-0.05, 0) is 57.4 Å². The smallest absolute Gasteiger partial charge is 0.410 e. The Hall–Kier alpha value is -2.31. The molecule has 0 spiro atoms. The first-order valence-electron chi connectivity index (χ1n) is 15.7. The highest BCUT2D eigenvalue weighted by Crippen LogP contribution is 2.33. The summed E-state index contributed by atoms with van der Waals surface area (Å²) in [5.41, 5.74) is 0. The van der Waals surface area contributed by atoms with Crippen molar-refractivity contribution in [1.29, 1.82) is 0 Å². The number of carbonyl (C=O) groups is 2. The number of hydrogen-bond donors (Lipinski definition) is 0. The molecule has 0 unspecified atom stereocenters. The van der Waals surface area contributed by atoms with E-state index in [4.69, 9.17) is 9.47 Å². The predicted octanol–water partition coefficient (Wildman–Crippen LogP) is 8.01. The quantitative estimate of drug-likeness (QED) is 0.376. The van der Waals surface area contributed by atoms with Gasteiger partial charge < -0.3 is 19.3 Å². The molecule has 210 valence electrons. The van der Waals surface area contributed by atoms with E-state index in [9.17, 15) is 9.59 Å². The number of amides is 2. The lowest BCUT2D eigenvalue weighted by Crippen LogP contribution is -2.50. The average molecular weight is 526 g/mol. The zero-order valence-electron chi connectivity index (χ0n) is 23.2. The van der Waals surface area contributed by atoms with E-state index in [1.807, 2.05) is 4.90 Å². The molecule has 0 saturated heterocycles. The molecular weight excluding hydrogens is 478 g/mol. The molecule has 0 radical (unpaired) electrons. The molecule has 2 amide bonds. The van der Waals surface area contributed by atoms with Crippen LogP contribution in [-0.2, 0) is 0 Å². The maximum absolute atomic E-state index is 13.5. The second-order valence-electron chi connectivity index (χ2n) is 12.0. The zero-order valence-corrected chi connectivity index (χ0v) is 23.2. The van der Waals surface area contributed by atoms with Crippen molar-refractivity contribution in [1.82, 2.24) is 14.8 Å². The molecule has 1 aromatic rings. The number of pyridine rings is 1. The SMILES string of the molecule is O=C(Oc1ccnc(OC(=O)N(C2CCCCC2)C2CCCCC2)c1)N(C1CCCCC1)C1CCCCC1. The van der Waals surface area contributed by atoms with E-state index in [1.165, 1.54) is 77.0 Å². The molecule has 0 aromatic carbocycles. The van der Waals surface area contributed by atoms with E-state index < -0.39 is 0 Å². The van der Waals surface area contributed by atoms with Gasteiger partial charge in [0.1, 0.15) is 5.75 Å². The summed E-state index contributed by atoms with van der Waals surface area (Å²) < 4.78 is 11.8. The summed E-state index contributed by atoms with van der Waals surface area (Å²) in [6.07, 6.45) is 23.8. The Kier molecular flexibility index (Phi) is 9.80. The first-order chi connectivity index (χ1) is 18.7. The van der Waals surface area contributed by atoms with Crippen molar-refractivity contribution in [3.63, 3.8) is 0 Å². The lowest BCUT2D eigenvalue weighted by Gasteiger charge is -2.40. The highest BCUT2D eigenvalue weighted by atomic mass is 16.6. The molecule has 4 saturated carbocycles. The van der Waals surface area contributed by atoms with Gasteiger partial charge in [-0.3, -0.25) is 0 Å². The van der Waals surface area contributed by atoms with Crippen LogP contribution in [0.2, 0.25) is 0 Å². The highest BCUT2D eigenvalue weighted by molar-refractivity contribution is 5.73. The largest absolute Gasteiger partial charge is 0.417 e. The number of ether oxygens (including phenoxy) is 2. The van der Waals surface area contributed by atoms with Crippen molar-refractivity contribution >= 4 is 12.2 Å². The Morgan fingerprint density at radius 2 is 0.947 bits per heavy atom. The van der Waals surface area contributed by atoms with E-state index in [-0.39, 0.29) is 42.2 Å². The van der Waals surface area contributed by atoms with Crippen molar-refractivity contribution in [2.75, 3.05) is 0 Å². The first kappa shape index (κ1) is 27.3. The van der Waals surface area contributed by atoms with Gasteiger partial charge in [0.15, 0.2) is 0 Å². The lowest BCUT2D eigenvalue weighted by atomic mass is 9.89. The number of rotatable bonds is 6. The molecule has 7 heteroatoms. The van der Waals surface area contributed by atoms with Crippen LogP contribution in [0.3, 0.4) is 0 Å². The Morgan fingerprint density at radius 3 is 1.34 bits per heavy atom. The minimum atomic E-state index is -0.300. The van der Waals surface area contributed by atoms with Crippen LogP contribution in [0.1, 0.15) is 128 Å². The third-order valence-corrected chi connectivity index (χ3v) is 9.40. The van der Waals surface area contributed by atoms with Gasteiger partial charge in [0, 0.05) is 36.4 Å². The van der Waals surface area contributed by atoms with E-state index >= 15 is 0 Å². The van der Waals surface area contributed by atoms with Crippen LogP contribution in [0.15, 0.2) is 18.3 Å². The maximum atomic E-state index is 13.5. The Labute approximate surface area is 228 Å². The Bertz CT molecular complexity index is 795. The molecule has 7 nitrogen and oxygen atoms in total. The van der Waals surface area contributed by atoms with Gasteiger partial charge in [0.05, 0.1) is 0 Å². The fourth-order valence-electron chi connectivity index (χ4n) is 7.44. The molecule has 4 aliphatic carbocycles. The van der Waals surface area contributed by atoms with Gasteiger partial charge in [0.2, 0.25) is 5.88 Å². The molecule has 5 rings (SSSR count). The summed E-state index contributed by atoms with van der Waals surface area (Å²) in [7, 11) is 0. The van der Waals surface area contributed by atoms with Crippen molar-refractivity contribution in [3.05, 3.63) is 18.3 Å². The van der Waals surface area contributed by atoms with Crippen molar-refractivity contribution in [2.45, 2.75) is 153 Å². The van der Waals surface area contributed by atoms with Crippen molar-refractivity contribution in [2.24, 2.45) is 0 Å². The molecule has 38 heavy (non-hydrogen) atoms. The van der Waals surface area contributed by atoms with Crippen LogP contribution in [0.5, 0.6) is 11.6 Å². The topological polar surface area (TPSA) is 72.0 Å². The van der Waals surface area contributed by atoms with Gasteiger partial charge in [-0.1, -0.05) is 77.0 Å². The Morgan fingerprint density at radius 1 is 0.579 bits per heavy atom. The zero-order chi connectivity index (χ0) is 26.2. The normalized spacial score (nSPS) is 22.5. The van der Waals surface area contributed by atoms with E-state index in [2.05, 4.69) is 9.88 Å².